The predicted octanol–water partition coefficient (Wildman–Crippen LogP) is 7.09. The monoisotopic (exact) mass is 1030 g/mol. The first kappa shape index (κ1) is 48.3. The van der Waals surface area contributed by atoms with Gasteiger partial charge in [0.1, 0.15) is 34.1 Å². The molecule has 0 saturated carbocycles. The first-order valence-electron chi connectivity index (χ1n) is 22.0. The molecule has 1 saturated heterocycles. The normalized spacial score (nSPS) is 18.6. The zero-order chi connectivity index (χ0) is 52.2. The fourth-order valence-electron chi connectivity index (χ4n) is 10.4. The Morgan fingerprint density at radius 1 is 0.708 bits per heavy atom. The van der Waals surface area contributed by atoms with Gasteiger partial charge in [0, 0.05) is 107 Å². The van der Waals surface area contributed by atoms with Gasteiger partial charge in [0.05, 0.1) is 22.2 Å². The number of imide groups is 1. The number of amides is 3. The van der Waals surface area contributed by atoms with E-state index in [1.54, 1.807) is 66.1 Å². The maximum Gasteiger partial charge on any atom is 0.417 e. The Labute approximate surface area is 407 Å². The Kier molecular flexibility index (Phi) is 10.5. The molecule has 1 aromatic heterocycles. The lowest BCUT2D eigenvalue weighted by Crippen LogP contribution is -2.49. The molecule has 10 rings (SSSR count). The quantitative estimate of drug-likeness (QED) is 0.0940. The minimum absolute atomic E-state index is 0.0512. The van der Waals surface area contributed by atoms with Crippen molar-refractivity contribution in [2.45, 2.75) is 63.3 Å². The van der Waals surface area contributed by atoms with Crippen molar-refractivity contribution in [3.63, 3.8) is 0 Å². The van der Waals surface area contributed by atoms with Crippen LogP contribution >= 0.6 is 0 Å². The van der Waals surface area contributed by atoms with Gasteiger partial charge in [-0.05, 0) is 75.2 Å². The lowest BCUT2D eigenvalue weighted by atomic mass is 9.72. The van der Waals surface area contributed by atoms with E-state index in [9.17, 15) is 58.3 Å². The van der Waals surface area contributed by atoms with Crippen molar-refractivity contribution in [3.8, 4) is 11.5 Å². The molecule has 1 spiro atoms. The van der Waals surface area contributed by atoms with Crippen molar-refractivity contribution in [2.75, 3.05) is 40.3 Å². The van der Waals surface area contributed by atoms with E-state index < -0.39 is 100 Å². The Morgan fingerprint density at radius 3 is 1.74 bits per heavy atom. The topological polar surface area (TPSA) is 239 Å². The summed E-state index contributed by atoms with van der Waals surface area (Å²) in [4.78, 5) is 77.3. The highest BCUT2D eigenvalue weighted by atomic mass is 32.2. The summed E-state index contributed by atoms with van der Waals surface area (Å²) < 4.78 is 127. The molecule has 3 amide bonds. The van der Waals surface area contributed by atoms with Gasteiger partial charge in [0.2, 0.25) is 0 Å². The Bertz CT molecular complexity index is 3570. The second kappa shape index (κ2) is 15.6. The molecule has 2 N–H and O–H groups in total. The lowest BCUT2D eigenvalue weighted by molar-refractivity contribution is -0.172. The second-order valence-corrected chi connectivity index (χ2v) is 22.2. The summed E-state index contributed by atoms with van der Waals surface area (Å²) in [6, 6.07) is 13.5. The summed E-state index contributed by atoms with van der Waals surface area (Å²) in [5.41, 5.74) is -6.23. The van der Waals surface area contributed by atoms with E-state index in [4.69, 9.17) is 14.0 Å². The van der Waals surface area contributed by atoms with Crippen LogP contribution in [0.3, 0.4) is 0 Å². The molecule has 5 aliphatic rings. The number of hydroxylamine groups is 2. The molecule has 5 aliphatic heterocycles. The Morgan fingerprint density at radius 2 is 1.24 bits per heavy atom. The van der Waals surface area contributed by atoms with Crippen LogP contribution in [0.1, 0.15) is 94.6 Å². The lowest BCUT2D eigenvalue weighted by Gasteiger charge is -2.47. The average molecular weight is 1030 g/mol. The highest BCUT2D eigenvalue weighted by Crippen LogP contribution is 2.62. The van der Waals surface area contributed by atoms with Crippen LogP contribution in [0.4, 0.5) is 30.2 Å². The highest BCUT2D eigenvalue weighted by Gasteiger charge is 2.59. The number of anilines is 3. The molecular formula is C49H41F3N4O14S2. The molecule has 18 nitrogen and oxygen atoms in total. The maximum absolute atomic E-state index is 15.8. The van der Waals surface area contributed by atoms with Gasteiger partial charge in [-0.3, -0.25) is 28.4 Å². The molecule has 0 radical (unpaired) electrons. The van der Waals surface area contributed by atoms with Crippen molar-refractivity contribution in [2.24, 2.45) is 0 Å². The smallest absolute Gasteiger partial charge is 0.417 e. The second-order valence-electron chi connectivity index (χ2n) is 19.3. The first-order valence-corrected chi connectivity index (χ1v) is 25.2. The molecule has 0 bridgehead atoms. The number of halogens is 3. The zero-order valence-corrected chi connectivity index (χ0v) is 40.5. The highest BCUT2D eigenvalue weighted by molar-refractivity contribution is 7.86. The van der Waals surface area contributed by atoms with Crippen LogP contribution in [0.5, 0.6) is 11.5 Å². The van der Waals surface area contributed by atoms with Gasteiger partial charge in [0.15, 0.2) is 0 Å². The molecule has 72 heavy (non-hydrogen) atoms. The van der Waals surface area contributed by atoms with Gasteiger partial charge in [-0.2, -0.15) is 30.0 Å². The third kappa shape index (κ3) is 7.55. The van der Waals surface area contributed by atoms with Crippen LogP contribution in [0.15, 0.2) is 88.1 Å². The molecule has 0 unspecified atom stereocenters. The van der Waals surface area contributed by atoms with Crippen molar-refractivity contribution in [1.29, 1.82) is 0 Å². The van der Waals surface area contributed by atoms with Crippen molar-refractivity contribution < 1.29 is 72.3 Å². The molecule has 23 heteroatoms. The van der Waals surface area contributed by atoms with Crippen LogP contribution in [0.2, 0.25) is 0 Å². The summed E-state index contributed by atoms with van der Waals surface area (Å²) in [6.07, 6.45) is -2.22. The van der Waals surface area contributed by atoms with Crippen LogP contribution in [-0.4, -0.2) is 91.4 Å². The van der Waals surface area contributed by atoms with Crippen LogP contribution in [0, 0.1) is 0 Å². The van der Waals surface area contributed by atoms with E-state index >= 15 is 4.79 Å². The third-order valence-corrected chi connectivity index (χ3v) is 15.3. The number of benzene rings is 4. The fraction of sp³-hybridized carbons (Fsp3) is 0.286. The van der Waals surface area contributed by atoms with E-state index in [0.29, 0.717) is 16.4 Å². The molecular weight excluding hydrogens is 990 g/mol. The van der Waals surface area contributed by atoms with Crippen molar-refractivity contribution >= 4 is 83.1 Å². The molecule has 4 aromatic carbocycles. The van der Waals surface area contributed by atoms with E-state index in [0.717, 1.165) is 23.1 Å². The largest absolute Gasteiger partial charge is 0.456 e. The maximum atomic E-state index is 15.8. The van der Waals surface area contributed by atoms with Gasteiger partial charge >= 0.3 is 17.8 Å². The number of rotatable bonds is 7. The van der Waals surface area contributed by atoms with E-state index in [1.807, 2.05) is 9.80 Å². The number of nitrogens with zero attached hydrogens (tertiary/aromatic N) is 4. The summed E-state index contributed by atoms with van der Waals surface area (Å²) >= 11 is 0. The Balaban J connectivity index is 1.34. The zero-order valence-electron chi connectivity index (χ0n) is 38.9. The van der Waals surface area contributed by atoms with Crippen LogP contribution < -0.4 is 25.1 Å². The molecule has 0 atom stereocenters. The molecule has 6 heterocycles. The van der Waals surface area contributed by atoms with E-state index in [2.05, 4.69) is 0 Å². The molecule has 5 aromatic rings. The number of fused-ring (bicyclic) bond motifs is 9. The average Bonchev–Trinajstić information content (AvgIpc) is 3.72. The molecule has 0 aliphatic carbocycles. The minimum Gasteiger partial charge on any atom is -0.456 e. The van der Waals surface area contributed by atoms with Gasteiger partial charge in [-0.15, -0.1) is 5.06 Å². The molecule has 1 fully saturated rings. The number of hydrogen-bond donors (Lipinski definition) is 2. The van der Waals surface area contributed by atoms with Crippen LogP contribution in [0.25, 0.3) is 22.1 Å². The summed E-state index contributed by atoms with van der Waals surface area (Å²) in [5, 5.41) is -0.237. The van der Waals surface area contributed by atoms with Gasteiger partial charge in [-0.1, -0.05) is 18.2 Å². The van der Waals surface area contributed by atoms with Crippen molar-refractivity contribution in [1.82, 2.24) is 5.06 Å². The number of alkyl halides is 3. The van der Waals surface area contributed by atoms with Crippen molar-refractivity contribution in [3.05, 3.63) is 134 Å². The van der Waals surface area contributed by atoms with Gasteiger partial charge < -0.3 is 23.8 Å². The van der Waals surface area contributed by atoms with Gasteiger partial charge in [-0.25, -0.2) is 9.59 Å². The van der Waals surface area contributed by atoms with Gasteiger partial charge in [0.25, 0.3) is 38.0 Å². The van der Waals surface area contributed by atoms with E-state index in [1.165, 1.54) is 30.3 Å². The Hall–Kier alpha value is -7.34. The number of ether oxygens (including phenoxy) is 1. The number of carbonyl (C=O) groups is 4. The van der Waals surface area contributed by atoms with Crippen LogP contribution in [-0.2, 0) is 46.4 Å². The molecule has 374 valence electrons. The summed E-state index contributed by atoms with van der Waals surface area (Å²) in [5.74, 6) is -5.39. The number of likely N-dealkylation sites (N-methyl/N-ethyl adjacent to an activating group) is 2. The summed E-state index contributed by atoms with van der Waals surface area (Å²) in [7, 11) is -5.98. The number of carbonyl (C=O) groups excluding carboxylic acids is 4. The third-order valence-electron chi connectivity index (χ3n) is 14.0. The van der Waals surface area contributed by atoms with E-state index in [-0.39, 0.29) is 86.2 Å². The standard InChI is InChI=1S/C49H41F3N4O14S2/c1-46(2)20-25(22-71(62,63)64)29-15-34-39(18-36(29)53(46)5)68-40-19-37-30(26(23-72(65,66)67)21-47(3,4)54(37)6)16-35(40)48(34)32-10-7-24(45(61)70-56-41(57)11-12-42(56)58)13-31(32)44(60)55(48)27-8-9-28-33(49(50,51)52)17-43(59)69-38(28)14-27/h7-10,13-21H,11-12,22-23H2,1-6H3,(H,62,63,64)(H,65,66,67). The number of hydrogen-bond acceptors (Lipinski definition) is 14. The fourth-order valence-corrected chi connectivity index (χ4v) is 11.6. The SMILES string of the molecule is CN1c2cc3c(cc2C(CS(=O)(=O)O)=CC1(C)C)C1(c2cc4c(cc2O3)N(C)C(C)(C)C=C4CS(=O)(=O)O)c2ccc(C(=O)ON3C(=O)CCC3=O)cc2C(=O)N1c1ccc2c(C(F)(F)F)cc(=O)oc2c1. The summed E-state index contributed by atoms with van der Waals surface area (Å²) in [6.45, 7) is 7.19. The minimum atomic E-state index is -5.04. The predicted molar refractivity (Wildman–Crippen MR) is 254 cm³/mol. The first-order chi connectivity index (χ1) is 33.4.